The SMILES string of the molecule is CC(C)(C(=O)O)C(=O)c1ccc(O)cc1. The number of phenolic OH excluding ortho intramolecular Hbond substituents is 1. The van der Waals surface area contributed by atoms with Crippen molar-refractivity contribution >= 4 is 11.8 Å². The number of hydrogen-bond donors (Lipinski definition) is 2. The second kappa shape index (κ2) is 3.73. The molecule has 0 bridgehead atoms. The van der Waals surface area contributed by atoms with E-state index in [0.29, 0.717) is 0 Å². The van der Waals surface area contributed by atoms with E-state index in [1.807, 2.05) is 0 Å². The number of carbonyl (C=O) groups is 2. The molecule has 0 unspecified atom stereocenters. The maximum atomic E-state index is 11.8. The van der Waals surface area contributed by atoms with Crippen molar-refractivity contribution in [1.82, 2.24) is 0 Å². The number of Topliss-reactive ketones (excluding diaryl/α,β-unsaturated/α-hetero) is 1. The Kier molecular flexibility index (Phi) is 2.79. The van der Waals surface area contributed by atoms with Crippen LogP contribution < -0.4 is 0 Å². The summed E-state index contributed by atoms with van der Waals surface area (Å²) in [7, 11) is 0. The van der Waals surface area contributed by atoms with Gasteiger partial charge in [-0.15, -0.1) is 0 Å². The van der Waals surface area contributed by atoms with E-state index in [-0.39, 0.29) is 11.3 Å². The third kappa shape index (κ3) is 2.15. The normalized spacial score (nSPS) is 11.1. The third-order valence-corrected chi connectivity index (χ3v) is 2.23. The Hall–Kier alpha value is -1.84. The number of benzene rings is 1. The van der Waals surface area contributed by atoms with Gasteiger partial charge in [-0.05, 0) is 38.1 Å². The molecule has 0 aromatic heterocycles. The molecule has 2 N–H and O–H groups in total. The van der Waals surface area contributed by atoms with Gasteiger partial charge < -0.3 is 10.2 Å². The van der Waals surface area contributed by atoms with Crippen LogP contribution in [0.15, 0.2) is 24.3 Å². The minimum atomic E-state index is -1.45. The molecule has 0 heterocycles. The molecule has 1 rings (SSSR count). The molecule has 0 aliphatic carbocycles. The Bertz CT molecular complexity index is 390. The number of aliphatic carboxylic acids is 1. The van der Waals surface area contributed by atoms with Crippen LogP contribution in [0, 0.1) is 5.41 Å². The second-order valence-electron chi connectivity index (χ2n) is 3.81. The van der Waals surface area contributed by atoms with Crippen LogP contribution in [0.1, 0.15) is 24.2 Å². The van der Waals surface area contributed by atoms with Gasteiger partial charge in [0.05, 0.1) is 0 Å². The quantitative estimate of drug-likeness (QED) is 0.585. The number of rotatable bonds is 3. The van der Waals surface area contributed by atoms with E-state index in [9.17, 15) is 9.59 Å². The van der Waals surface area contributed by atoms with Crippen LogP contribution in [0.3, 0.4) is 0 Å². The molecule has 80 valence electrons. The van der Waals surface area contributed by atoms with Gasteiger partial charge in [-0.3, -0.25) is 9.59 Å². The summed E-state index contributed by atoms with van der Waals surface area (Å²) in [6.07, 6.45) is 0. The highest BCUT2D eigenvalue weighted by atomic mass is 16.4. The number of carboxylic acids is 1. The van der Waals surface area contributed by atoms with Gasteiger partial charge >= 0.3 is 5.97 Å². The molecule has 4 heteroatoms. The van der Waals surface area contributed by atoms with Crippen LogP contribution in [-0.4, -0.2) is 22.0 Å². The number of aromatic hydroxyl groups is 1. The summed E-state index contributed by atoms with van der Waals surface area (Å²) in [5, 5.41) is 17.9. The van der Waals surface area contributed by atoms with Gasteiger partial charge in [-0.25, -0.2) is 0 Å². The lowest BCUT2D eigenvalue weighted by atomic mass is 9.84. The number of phenols is 1. The Balaban J connectivity index is 3.05. The first-order chi connectivity index (χ1) is 6.85. The molecule has 0 aliphatic heterocycles. The number of carboxylic acid groups (broad SMARTS) is 1. The zero-order valence-electron chi connectivity index (χ0n) is 8.52. The van der Waals surface area contributed by atoms with Crippen LogP contribution in [0.2, 0.25) is 0 Å². The lowest BCUT2D eigenvalue weighted by molar-refractivity contribution is -0.144. The van der Waals surface area contributed by atoms with E-state index in [1.54, 1.807) is 0 Å². The number of hydrogen-bond acceptors (Lipinski definition) is 3. The maximum Gasteiger partial charge on any atom is 0.316 e. The molecule has 0 saturated heterocycles. The highest BCUT2D eigenvalue weighted by Gasteiger charge is 2.36. The van der Waals surface area contributed by atoms with Crippen LogP contribution in [0.4, 0.5) is 0 Å². The van der Waals surface area contributed by atoms with Crippen molar-refractivity contribution in [2.75, 3.05) is 0 Å². The van der Waals surface area contributed by atoms with E-state index in [4.69, 9.17) is 10.2 Å². The van der Waals surface area contributed by atoms with Crippen molar-refractivity contribution in [3.8, 4) is 5.75 Å². The number of carbonyl (C=O) groups excluding carboxylic acids is 1. The van der Waals surface area contributed by atoms with Crippen molar-refractivity contribution in [2.45, 2.75) is 13.8 Å². The fraction of sp³-hybridized carbons (Fsp3) is 0.273. The molecule has 0 amide bonds. The standard InChI is InChI=1S/C11H12O4/c1-11(2,10(14)15)9(13)7-3-5-8(12)6-4-7/h3-6,12H,1-2H3,(H,14,15). The van der Waals surface area contributed by atoms with Crippen LogP contribution in [0.25, 0.3) is 0 Å². The van der Waals surface area contributed by atoms with Crippen LogP contribution >= 0.6 is 0 Å². The monoisotopic (exact) mass is 208 g/mol. The van der Waals surface area contributed by atoms with Crippen molar-refractivity contribution in [3.05, 3.63) is 29.8 Å². The summed E-state index contributed by atoms with van der Waals surface area (Å²) in [6, 6.07) is 5.51. The highest BCUT2D eigenvalue weighted by Crippen LogP contribution is 2.23. The smallest absolute Gasteiger partial charge is 0.316 e. The Morgan fingerprint density at radius 2 is 1.60 bits per heavy atom. The van der Waals surface area contributed by atoms with E-state index in [1.165, 1.54) is 38.1 Å². The summed E-state index contributed by atoms with van der Waals surface area (Å²) in [5.41, 5.74) is -1.17. The summed E-state index contributed by atoms with van der Waals surface area (Å²) in [6.45, 7) is 2.70. The van der Waals surface area contributed by atoms with E-state index >= 15 is 0 Å². The first-order valence-electron chi connectivity index (χ1n) is 4.43. The van der Waals surface area contributed by atoms with Gasteiger partial charge in [-0.1, -0.05) is 0 Å². The highest BCUT2D eigenvalue weighted by molar-refractivity contribution is 6.11. The second-order valence-corrected chi connectivity index (χ2v) is 3.81. The van der Waals surface area contributed by atoms with E-state index < -0.39 is 17.2 Å². The van der Waals surface area contributed by atoms with E-state index in [0.717, 1.165) is 0 Å². The molecular weight excluding hydrogens is 196 g/mol. The average Bonchev–Trinajstić information content (AvgIpc) is 2.17. The molecule has 0 saturated carbocycles. The van der Waals surface area contributed by atoms with Gasteiger partial charge in [0.1, 0.15) is 11.2 Å². The van der Waals surface area contributed by atoms with Crippen molar-refractivity contribution in [2.24, 2.45) is 5.41 Å². The largest absolute Gasteiger partial charge is 0.508 e. The summed E-state index contributed by atoms with van der Waals surface area (Å²) < 4.78 is 0. The molecule has 0 atom stereocenters. The summed E-state index contributed by atoms with van der Waals surface area (Å²) in [5.74, 6) is -1.60. The van der Waals surface area contributed by atoms with Gasteiger partial charge in [0.2, 0.25) is 0 Å². The van der Waals surface area contributed by atoms with Crippen molar-refractivity contribution < 1.29 is 19.8 Å². The van der Waals surface area contributed by atoms with Gasteiger partial charge in [0.15, 0.2) is 5.78 Å². The Morgan fingerprint density at radius 1 is 1.13 bits per heavy atom. The lowest BCUT2D eigenvalue weighted by Crippen LogP contribution is -2.33. The van der Waals surface area contributed by atoms with Crippen LogP contribution in [-0.2, 0) is 4.79 Å². The predicted octanol–water partition coefficient (Wildman–Crippen LogP) is 1.69. The lowest BCUT2D eigenvalue weighted by Gasteiger charge is -2.17. The van der Waals surface area contributed by atoms with Gasteiger partial charge in [0.25, 0.3) is 0 Å². The average molecular weight is 208 g/mol. The fourth-order valence-corrected chi connectivity index (χ4v) is 1.07. The van der Waals surface area contributed by atoms with Crippen LogP contribution in [0.5, 0.6) is 5.75 Å². The molecule has 0 spiro atoms. The van der Waals surface area contributed by atoms with E-state index in [2.05, 4.69) is 0 Å². The predicted molar refractivity (Wildman–Crippen MR) is 53.9 cm³/mol. The Morgan fingerprint density at radius 3 is 2.00 bits per heavy atom. The topological polar surface area (TPSA) is 74.6 Å². The zero-order chi connectivity index (χ0) is 11.6. The minimum Gasteiger partial charge on any atom is -0.508 e. The number of ketones is 1. The van der Waals surface area contributed by atoms with Gasteiger partial charge in [0, 0.05) is 5.56 Å². The first-order valence-corrected chi connectivity index (χ1v) is 4.43. The molecule has 0 radical (unpaired) electrons. The molecule has 1 aromatic rings. The summed E-state index contributed by atoms with van der Waals surface area (Å²) >= 11 is 0. The molecule has 1 aromatic carbocycles. The van der Waals surface area contributed by atoms with Gasteiger partial charge in [-0.2, -0.15) is 0 Å². The molecule has 0 aliphatic rings. The maximum absolute atomic E-state index is 11.8. The molecular formula is C11H12O4. The molecule has 15 heavy (non-hydrogen) atoms. The summed E-state index contributed by atoms with van der Waals surface area (Å²) in [4.78, 5) is 22.6. The minimum absolute atomic E-state index is 0.0414. The zero-order valence-corrected chi connectivity index (χ0v) is 8.52. The van der Waals surface area contributed by atoms with Crippen molar-refractivity contribution in [1.29, 1.82) is 0 Å². The fourth-order valence-electron chi connectivity index (χ4n) is 1.07. The third-order valence-electron chi connectivity index (χ3n) is 2.23. The first kappa shape index (κ1) is 11.2. The molecule has 0 fully saturated rings. The molecule has 4 nitrogen and oxygen atoms in total. The van der Waals surface area contributed by atoms with Crippen molar-refractivity contribution in [3.63, 3.8) is 0 Å². The Labute approximate surface area is 87.2 Å².